The van der Waals surface area contributed by atoms with Crippen molar-refractivity contribution in [2.45, 2.75) is 13.5 Å². The molecule has 5 heteroatoms. The minimum absolute atomic E-state index is 0.214. The second kappa shape index (κ2) is 4.08. The van der Waals surface area contributed by atoms with E-state index in [1.807, 2.05) is 0 Å². The van der Waals surface area contributed by atoms with Crippen LogP contribution in [-0.2, 0) is 13.6 Å². The predicted octanol–water partition coefficient (Wildman–Crippen LogP) is 1.26. The third-order valence-corrected chi connectivity index (χ3v) is 2.95. The molecule has 2 aromatic rings. The van der Waals surface area contributed by atoms with Crippen molar-refractivity contribution >= 4 is 5.69 Å². The van der Waals surface area contributed by atoms with E-state index in [4.69, 9.17) is 5.73 Å². The molecule has 1 aromatic carbocycles. The monoisotopic (exact) mass is 235 g/mol. The van der Waals surface area contributed by atoms with Crippen LogP contribution in [0.25, 0.3) is 0 Å². The van der Waals surface area contributed by atoms with Crippen LogP contribution in [0.2, 0.25) is 0 Å². The van der Waals surface area contributed by atoms with E-state index in [9.17, 15) is 9.18 Å². The van der Waals surface area contributed by atoms with Crippen LogP contribution in [0.5, 0.6) is 0 Å². The van der Waals surface area contributed by atoms with E-state index in [2.05, 4.69) is 0 Å². The number of aromatic nitrogens is 2. The Labute approximate surface area is 98.1 Å². The molecule has 1 aromatic heterocycles. The van der Waals surface area contributed by atoms with Crippen LogP contribution in [0.4, 0.5) is 10.1 Å². The lowest BCUT2D eigenvalue weighted by Crippen LogP contribution is -2.23. The van der Waals surface area contributed by atoms with Gasteiger partial charge in [0.2, 0.25) is 0 Å². The van der Waals surface area contributed by atoms with Crippen LogP contribution in [0.1, 0.15) is 11.3 Å². The molecule has 17 heavy (non-hydrogen) atoms. The van der Waals surface area contributed by atoms with Crippen LogP contribution in [0.15, 0.2) is 29.1 Å². The fourth-order valence-corrected chi connectivity index (χ4v) is 1.73. The molecule has 1 heterocycles. The molecule has 0 saturated carbocycles. The molecule has 0 amide bonds. The number of nitrogen functional groups attached to an aromatic ring is 1. The third kappa shape index (κ3) is 1.95. The highest BCUT2D eigenvalue weighted by Crippen LogP contribution is 2.08. The van der Waals surface area contributed by atoms with E-state index in [-0.39, 0.29) is 17.1 Å². The fraction of sp³-hybridized carbons (Fsp3) is 0.250. The Morgan fingerprint density at radius 2 is 1.88 bits per heavy atom. The van der Waals surface area contributed by atoms with Gasteiger partial charge in [0.05, 0.1) is 12.2 Å². The second-order valence-electron chi connectivity index (χ2n) is 4.01. The highest BCUT2D eigenvalue weighted by atomic mass is 19.1. The number of nitrogens with zero attached hydrogens (tertiary/aromatic N) is 2. The maximum Gasteiger partial charge on any atom is 0.290 e. The fourth-order valence-electron chi connectivity index (χ4n) is 1.73. The van der Waals surface area contributed by atoms with Gasteiger partial charge >= 0.3 is 0 Å². The Kier molecular flexibility index (Phi) is 2.75. The van der Waals surface area contributed by atoms with Crippen LogP contribution < -0.4 is 11.3 Å². The largest absolute Gasteiger partial charge is 0.393 e. The third-order valence-electron chi connectivity index (χ3n) is 2.95. The van der Waals surface area contributed by atoms with Gasteiger partial charge in [-0.15, -0.1) is 0 Å². The lowest BCUT2D eigenvalue weighted by atomic mass is 10.2. The van der Waals surface area contributed by atoms with Crippen LogP contribution >= 0.6 is 0 Å². The first-order valence-corrected chi connectivity index (χ1v) is 5.27. The summed E-state index contributed by atoms with van der Waals surface area (Å²) in [6.45, 7) is 2.17. The topological polar surface area (TPSA) is 53.0 Å². The lowest BCUT2D eigenvalue weighted by Gasteiger charge is -2.08. The zero-order valence-corrected chi connectivity index (χ0v) is 9.77. The van der Waals surface area contributed by atoms with E-state index in [1.165, 1.54) is 16.8 Å². The Bertz CT molecular complexity index is 595. The van der Waals surface area contributed by atoms with Crippen molar-refractivity contribution in [3.8, 4) is 0 Å². The first kappa shape index (κ1) is 11.4. The number of halogens is 1. The first-order chi connectivity index (χ1) is 8.00. The molecular weight excluding hydrogens is 221 g/mol. The number of rotatable bonds is 2. The number of nitrogens with two attached hydrogens (primary N) is 1. The van der Waals surface area contributed by atoms with Crippen LogP contribution in [0.3, 0.4) is 0 Å². The summed E-state index contributed by atoms with van der Waals surface area (Å²) >= 11 is 0. The molecule has 90 valence electrons. The van der Waals surface area contributed by atoms with Crippen molar-refractivity contribution in [2.24, 2.45) is 7.05 Å². The van der Waals surface area contributed by atoms with Gasteiger partial charge in [0, 0.05) is 7.05 Å². The molecule has 2 rings (SSSR count). The van der Waals surface area contributed by atoms with Gasteiger partial charge < -0.3 is 5.73 Å². The van der Waals surface area contributed by atoms with E-state index < -0.39 is 0 Å². The van der Waals surface area contributed by atoms with Gasteiger partial charge in [-0.3, -0.25) is 9.48 Å². The maximum absolute atomic E-state index is 12.8. The molecule has 0 aliphatic heterocycles. The SMILES string of the molecule is Cc1c(N)c(=O)n(Cc2ccc(F)cc2)n1C. The molecule has 4 nitrogen and oxygen atoms in total. The van der Waals surface area contributed by atoms with E-state index in [0.29, 0.717) is 6.54 Å². The van der Waals surface area contributed by atoms with Crippen LogP contribution in [0, 0.1) is 12.7 Å². The van der Waals surface area contributed by atoms with E-state index in [0.717, 1.165) is 11.3 Å². The molecule has 0 bridgehead atoms. The van der Waals surface area contributed by atoms with Gasteiger partial charge in [0.1, 0.15) is 11.5 Å². The Morgan fingerprint density at radius 3 is 2.35 bits per heavy atom. The summed E-state index contributed by atoms with van der Waals surface area (Å²) in [7, 11) is 1.77. The Morgan fingerprint density at radius 1 is 1.29 bits per heavy atom. The maximum atomic E-state index is 12.8. The zero-order valence-electron chi connectivity index (χ0n) is 9.77. The number of anilines is 1. The summed E-state index contributed by atoms with van der Waals surface area (Å²) in [6.07, 6.45) is 0. The van der Waals surface area contributed by atoms with Gasteiger partial charge in [-0.25, -0.2) is 9.07 Å². The number of hydrogen-bond donors (Lipinski definition) is 1. The van der Waals surface area contributed by atoms with Gasteiger partial charge in [-0.1, -0.05) is 12.1 Å². The van der Waals surface area contributed by atoms with Crippen LogP contribution in [-0.4, -0.2) is 9.36 Å². The van der Waals surface area contributed by atoms with Crippen molar-refractivity contribution in [3.63, 3.8) is 0 Å². The second-order valence-corrected chi connectivity index (χ2v) is 4.01. The molecule has 0 fully saturated rings. The first-order valence-electron chi connectivity index (χ1n) is 5.27. The molecule has 0 atom stereocenters. The van der Waals surface area contributed by atoms with Crippen molar-refractivity contribution in [2.75, 3.05) is 5.73 Å². The average Bonchev–Trinajstić information content (AvgIpc) is 2.50. The Hall–Kier alpha value is -2.04. The van der Waals surface area contributed by atoms with Crippen molar-refractivity contribution < 1.29 is 4.39 Å². The smallest absolute Gasteiger partial charge is 0.290 e. The summed E-state index contributed by atoms with van der Waals surface area (Å²) in [4.78, 5) is 11.8. The standard InChI is InChI=1S/C12H14FN3O/c1-8-11(14)12(17)16(15(8)2)7-9-3-5-10(13)6-4-9/h3-6H,7,14H2,1-2H3. The highest BCUT2D eigenvalue weighted by molar-refractivity contribution is 5.40. The molecule has 0 aliphatic rings. The molecule has 0 spiro atoms. The van der Waals surface area contributed by atoms with E-state index in [1.54, 1.807) is 30.8 Å². The number of hydrogen-bond acceptors (Lipinski definition) is 2. The predicted molar refractivity (Wildman–Crippen MR) is 64.3 cm³/mol. The summed E-state index contributed by atoms with van der Waals surface area (Å²) in [5.41, 5.74) is 7.30. The van der Waals surface area contributed by atoms with Crippen molar-refractivity contribution in [1.29, 1.82) is 0 Å². The summed E-state index contributed by atoms with van der Waals surface area (Å²) in [6, 6.07) is 6.06. The molecule has 0 saturated heterocycles. The van der Waals surface area contributed by atoms with Gasteiger partial charge in [-0.2, -0.15) is 0 Å². The molecule has 2 N–H and O–H groups in total. The average molecular weight is 235 g/mol. The minimum atomic E-state index is -0.288. The summed E-state index contributed by atoms with van der Waals surface area (Å²) in [5, 5.41) is 0. The number of benzene rings is 1. The van der Waals surface area contributed by atoms with Gasteiger partial charge in [0.15, 0.2) is 0 Å². The normalized spacial score (nSPS) is 10.8. The molecule has 0 radical (unpaired) electrons. The summed E-state index contributed by atoms with van der Waals surface area (Å²) < 4.78 is 16.0. The van der Waals surface area contributed by atoms with Crippen molar-refractivity contribution in [3.05, 3.63) is 51.7 Å². The molecular formula is C12H14FN3O. The quantitative estimate of drug-likeness (QED) is 0.852. The minimum Gasteiger partial charge on any atom is -0.393 e. The van der Waals surface area contributed by atoms with Gasteiger partial charge in [0.25, 0.3) is 5.56 Å². The van der Waals surface area contributed by atoms with E-state index >= 15 is 0 Å². The molecule has 0 unspecified atom stereocenters. The summed E-state index contributed by atoms with van der Waals surface area (Å²) in [5.74, 6) is -0.288. The van der Waals surface area contributed by atoms with Crippen molar-refractivity contribution in [1.82, 2.24) is 9.36 Å². The lowest BCUT2D eigenvalue weighted by molar-refractivity contribution is 0.525. The highest BCUT2D eigenvalue weighted by Gasteiger charge is 2.11. The molecule has 0 aliphatic carbocycles. The van der Waals surface area contributed by atoms with Gasteiger partial charge in [-0.05, 0) is 24.6 Å². The Balaban J connectivity index is 2.40. The zero-order chi connectivity index (χ0) is 12.6.